The van der Waals surface area contributed by atoms with Gasteiger partial charge in [-0.15, -0.1) is 10.3 Å². The van der Waals surface area contributed by atoms with Crippen molar-refractivity contribution in [1.82, 2.24) is 0 Å². The Kier molecular flexibility index (Phi) is 6.22. The maximum absolute atomic E-state index is 8.53. The van der Waals surface area contributed by atoms with E-state index in [-0.39, 0.29) is 0 Å². The van der Waals surface area contributed by atoms with E-state index in [9.17, 15) is 0 Å². The lowest BCUT2D eigenvalue weighted by Gasteiger charge is -2.46. The highest BCUT2D eigenvalue weighted by atomic mass is 32.3. The zero-order valence-electron chi connectivity index (χ0n) is 10.0. The summed E-state index contributed by atoms with van der Waals surface area (Å²) in [5.74, 6) is 1.06. The van der Waals surface area contributed by atoms with Crippen LogP contribution in [0.15, 0.2) is 0 Å². The fourth-order valence-corrected chi connectivity index (χ4v) is 5.42. The van der Waals surface area contributed by atoms with Crippen LogP contribution in [0.5, 0.6) is 0 Å². The molecule has 0 bridgehead atoms. The normalized spacial score (nSPS) is 13.3. The average Bonchev–Trinajstić information content (AvgIpc) is 2.11. The van der Waals surface area contributed by atoms with Gasteiger partial charge in [0.05, 0.1) is 6.07 Å². The van der Waals surface area contributed by atoms with E-state index < -0.39 is 10.3 Å². The number of hydrogen-bond donors (Lipinski definition) is 0. The van der Waals surface area contributed by atoms with Crippen molar-refractivity contribution >= 4 is 10.3 Å². The van der Waals surface area contributed by atoms with Gasteiger partial charge >= 0.3 is 0 Å². The van der Waals surface area contributed by atoms with E-state index in [0.717, 1.165) is 12.2 Å². The predicted molar refractivity (Wildman–Crippen MR) is 64.6 cm³/mol. The van der Waals surface area contributed by atoms with Gasteiger partial charge in [0.1, 0.15) is 0 Å². The van der Waals surface area contributed by atoms with Gasteiger partial charge in [-0.1, -0.05) is 27.7 Å². The van der Waals surface area contributed by atoms with Crippen molar-refractivity contribution in [2.75, 3.05) is 12.9 Å². The fourth-order valence-electron chi connectivity index (χ4n) is 1.86. The lowest BCUT2D eigenvalue weighted by Crippen LogP contribution is -2.25. The van der Waals surface area contributed by atoms with Gasteiger partial charge < -0.3 is 4.18 Å². The monoisotopic (exact) mass is 217 g/mol. The molecule has 0 aliphatic heterocycles. The smallest absolute Gasteiger partial charge is 0.0622 e. The fraction of sp³-hybridized carbons (Fsp3) is 0.909. The third-order valence-corrected chi connectivity index (χ3v) is 7.40. The van der Waals surface area contributed by atoms with Crippen molar-refractivity contribution in [1.29, 1.82) is 5.26 Å². The summed E-state index contributed by atoms with van der Waals surface area (Å²) < 4.78 is 5.78. The van der Waals surface area contributed by atoms with E-state index in [1.54, 1.807) is 0 Å². The van der Waals surface area contributed by atoms with Crippen LogP contribution >= 0.6 is 10.3 Å². The molecule has 0 fully saturated rings. The van der Waals surface area contributed by atoms with Crippen molar-refractivity contribution in [2.24, 2.45) is 0 Å². The minimum absolute atomic E-state index is 0.575. The van der Waals surface area contributed by atoms with Crippen LogP contribution in [0.25, 0.3) is 0 Å². The van der Waals surface area contributed by atoms with Gasteiger partial charge in [-0.25, -0.2) is 0 Å². The Balaban J connectivity index is 4.44. The van der Waals surface area contributed by atoms with Gasteiger partial charge in [-0.3, -0.25) is 0 Å². The van der Waals surface area contributed by atoms with E-state index in [1.807, 2.05) is 7.11 Å². The molecule has 0 spiro atoms. The van der Waals surface area contributed by atoms with Crippen LogP contribution in [0.4, 0.5) is 0 Å². The number of hydrogen-bond acceptors (Lipinski definition) is 2. The van der Waals surface area contributed by atoms with Crippen molar-refractivity contribution in [3.05, 3.63) is 0 Å². The molecule has 0 N–H and O–H groups in total. The first-order valence-electron chi connectivity index (χ1n) is 5.22. The van der Waals surface area contributed by atoms with Gasteiger partial charge in [0.25, 0.3) is 0 Å². The molecular formula is C11H23NOS. The summed E-state index contributed by atoms with van der Waals surface area (Å²) in [6.07, 6.45) is 1.62. The first-order chi connectivity index (χ1) is 6.51. The highest BCUT2D eigenvalue weighted by Gasteiger charge is 2.30. The van der Waals surface area contributed by atoms with Crippen LogP contribution < -0.4 is 0 Å². The molecule has 0 saturated heterocycles. The number of unbranched alkanes of at least 4 members (excludes halogenated alkanes) is 1. The van der Waals surface area contributed by atoms with Crippen LogP contribution in [-0.2, 0) is 4.18 Å². The molecule has 14 heavy (non-hydrogen) atoms. The minimum atomic E-state index is -0.991. The topological polar surface area (TPSA) is 33.0 Å². The Morgan fingerprint density at radius 1 is 1.21 bits per heavy atom. The third kappa shape index (κ3) is 3.18. The van der Waals surface area contributed by atoms with Crippen LogP contribution in [0.3, 0.4) is 0 Å². The zero-order chi connectivity index (χ0) is 11.2. The average molecular weight is 217 g/mol. The van der Waals surface area contributed by atoms with Gasteiger partial charge in [0.15, 0.2) is 0 Å². The molecule has 0 aromatic carbocycles. The molecule has 0 aromatic heterocycles. The summed E-state index contributed by atoms with van der Waals surface area (Å²) in [4.78, 5) is 0. The van der Waals surface area contributed by atoms with E-state index in [2.05, 4.69) is 33.8 Å². The van der Waals surface area contributed by atoms with Crippen LogP contribution in [0.1, 0.15) is 40.5 Å². The molecular weight excluding hydrogens is 194 g/mol. The predicted octanol–water partition coefficient (Wildman–Crippen LogP) is 3.47. The molecule has 3 heteroatoms. The third-order valence-electron chi connectivity index (χ3n) is 2.66. The molecule has 0 radical (unpaired) electrons. The van der Waals surface area contributed by atoms with E-state index in [1.165, 1.54) is 0 Å². The summed E-state index contributed by atoms with van der Waals surface area (Å²) in [7, 11) is 0.830. The summed E-state index contributed by atoms with van der Waals surface area (Å²) in [6.45, 7) is 8.91. The largest absolute Gasteiger partial charge is 0.339 e. The Hall–Kier alpha value is -0.200. The van der Waals surface area contributed by atoms with Crippen molar-refractivity contribution in [2.45, 2.75) is 51.0 Å². The second-order valence-corrected chi connectivity index (χ2v) is 8.20. The molecule has 0 heterocycles. The van der Waals surface area contributed by atoms with E-state index in [4.69, 9.17) is 9.44 Å². The lowest BCUT2D eigenvalue weighted by atomic mass is 10.4. The van der Waals surface area contributed by atoms with Gasteiger partial charge in [0.2, 0.25) is 0 Å². The first-order valence-corrected chi connectivity index (χ1v) is 7.08. The van der Waals surface area contributed by atoms with Gasteiger partial charge in [0, 0.05) is 29.8 Å². The van der Waals surface area contributed by atoms with Gasteiger partial charge in [-0.2, -0.15) is 5.26 Å². The number of rotatable bonds is 6. The quantitative estimate of drug-likeness (QED) is 0.638. The van der Waals surface area contributed by atoms with E-state index >= 15 is 0 Å². The van der Waals surface area contributed by atoms with Crippen LogP contribution in [0.2, 0.25) is 0 Å². The highest BCUT2D eigenvalue weighted by Crippen LogP contribution is 2.57. The SMILES string of the molecule is COS(CCCC#N)(C(C)C)C(C)C. The molecule has 84 valence electrons. The molecule has 0 aliphatic rings. The van der Waals surface area contributed by atoms with Crippen LogP contribution in [0, 0.1) is 11.3 Å². The summed E-state index contributed by atoms with van der Waals surface area (Å²) in [5.41, 5.74) is 0. The Labute approximate surface area is 90.2 Å². The first kappa shape index (κ1) is 13.8. The highest BCUT2D eigenvalue weighted by molar-refractivity contribution is 8.30. The maximum atomic E-state index is 8.53. The van der Waals surface area contributed by atoms with Crippen molar-refractivity contribution in [3.8, 4) is 6.07 Å². The Bertz CT molecular complexity index is 188. The standard InChI is InChI=1S/C11H23NOS/c1-10(2)14(13-5,11(3)4)9-7-6-8-12/h10-11H,6-7,9H2,1-5H3. The lowest BCUT2D eigenvalue weighted by molar-refractivity contribution is 0.451. The second-order valence-electron chi connectivity index (χ2n) is 4.01. The molecule has 2 nitrogen and oxygen atoms in total. The maximum Gasteiger partial charge on any atom is 0.0622 e. The summed E-state index contributed by atoms with van der Waals surface area (Å²) in [6, 6.07) is 2.20. The Morgan fingerprint density at radius 3 is 2.00 bits per heavy atom. The molecule has 0 rings (SSSR count). The zero-order valence-corrected chi connectivity index (χ0v) is 10.9. The van der Waals surface area contributed by atoms with Gasteiger partial charge in [-0.05, 0) is 6.42 Å². The number of nitriles is 1. The molecule has 0 unspecified atom stereocenters. The molecule has 0 aliphatic carbocycles. The van der Waals surface area contributed by atoms with Crippen molar-refractivity contribution in [3.63, 3.8) is 0 Å². The Morgan fingerprint density at radius 2 is 1.71 bits per heavy atom. The molecule has 0 aromatic rings. The van der Waals surface area contributed by atoms with E-state index in [0.29, 0.717) is 16.9 Å². The minimum Gasteiger partial charge on any atom is -0.339 e. The summed E-state index contributed by atoms with van der Waals surface area (Å²) >= 11 is 0. The molecule has 0 amide bonds. The number of nitrogens with zero attached hydrogens (tertiary/aromatic N) is 1. The molecule has 0 saturated carbocycles. The van der Waals surface area contributed by atoms with Crippen molar-refractivity contribution < 1.29 is 4.18 Å². The molecule has 0 atom stereocenters. The second kappa shape index (κ2) is 6.31. The summed E-state index contributed by atoms with van der Waals surface area (Å²) in [5, 5.41) is 9.68. The van der Waals surface area contributed by atoms with Crippen LogP contribution in [-0.4, -0.2) is 23.4 Å².